The number of hydrogen-bond donors (Lipinski definition) is 0. The maximum Gasteiger partial charge on any atom is 0.0775 e. The van der Waals surface area contributed by atoms with Gasteiger partial charge in [0.2, 0.25) is 0 Å². The Morgan fingerprint density at radius 3 is 1.14 bits per heavy atom. The van der Waals surface area contributed by atoms with E-state index < -0.39 is 0 Å². The molecule has 4 aromatic rings. The lowest BCUT2D eigenvalue weighted by Crippen LogP contribution is -2.02. The Hall–Kier alpha value is -2.08. The second-order valence-electron chi connectivity index (χ2n) is 9.86. The highest BCUT2D eigenvalue weighted by Gasteiger charge is 2.13. The number of thiophene rings is 4. The van der Waals surface area contributed by atoms with Crippen LogP contribution in [0.5, 0.6) is 0 Å². The Labute approximate surface area is 231 Å². The molecule has 0 amide bonds. The smallest absolute Gasteiger partial charge is 0.0775 e. The monoisotopic (exact) mass is 542 g/mol. The summed E-state index contributed by atoms with van der Waals surface area (Å²) >= 11 is 7.44. The topological polar surface area (TPSA) is 0 Å². The Bertz CT molecular complexity index is 1310. The van der Waals surface area contributed by atoms with Gasteiger partial charge >= 0.3 is 0 Å². The molecule has 2 fully saturated rings. The first-order valence-electron chi connectivity index (χ1n) is 13.2. The van der Waals surface area contributed by atoms with Crippen molar-refractivity contribution in [1.82, 2.24) is 0 Å². The molecule has 0 unspecified atom stereocenters. The molecule has 0 aromatic carbocycles. The molecule has 0 nitrogen and oxygen atoms in total. The van der Waals surface area contributed by atoms with E-state index in [1.165, 1.54) is 103 Å². The van der Waals surface area contributed by atoms with Gasteiger partial charge in [0.1, 0.15) is 0 Å². The lowest BCUT2D eigenvalue weighted by atomic mass is 9.90. The van der Waals surface area contributed by atoms with Crippen LogP contribution in [0.15, 0.2) is 48.5 Å². The van der Waals surface area contributed by atoms with Crippen LogP contribution in [-0.4, -0.2) is 0 Å². The van der Waals surface area contributed by atoms with Crippen molar-refractivity contribution >= 4 is 45.3 Å². The van der Waals surface area contributed by atoms with Crippen molar-refractivity contribution in [3.05, 3.63) is 58.3 Å². The molecule has 4 aromatic heterocycles. The molecule has 0 bridgehead atoms. The zero-order valence-corrected chi connectivity index (χ0v) is 23.7. The molecule has 2 aliphatic rings. The summed E-state index contributed by atoms with van der Waals surface area (Å²) in [6.07, 6.45) is 13.3. The van der Waals surface area contributed by atoms with E-state index >= 15 is 0 Å². The number of rotatable bonds is 3. The van der Waals surface area contributed by atoms with Gasteiger partial charge in [0.15, 0.2) is 0 Å². The lowest BCUT2D eigenvalue weighted by Gasteiger charge is -2.15. The maximum atomic E-state index is 3.54. The van der Waals surface area contributed by atoms with E-state index in [0.29, 0.717) is 11.8 Å². The molecule has 0 saturated heterocycles. The van der Waals surface area contributed by atoms with Crippen molar-refractivity contribution in [2.75, 3.05) is 0 Å². The fraction of sp³-hybridized carbons (Fsp3) is 0.375. The van der Waals surface area contributed by atoms with Gasteiger partial charge in [-0.1, -0.05) is 62.2 Å². The highest BCUT2D eigenvalue weighted by atomic mass is 32.1. The lowest BCUT2D eigenvalue weighted by molar-refractivity contribution is 0.430. The van der Waals surface area contributed by atoms with E-state index in [0.717, 1.165) is 0 Å². The zero-order chi connectivity index (χ0) is 24.2. The van der Waals surface area contributed by atoms with Gasteiger partial charge in [0.05, 0.1) is 9.75 Å². The summed E-state index contributed by atoms with van der Waals surface area (Å²) in [5.74, 6) is 15.2. The van der Waals surface area contributed by atoms with Gasteiger partial charge in [-0.3, -0.25) is 0 Å². The first kappa shape index (κ1) is 24.3. The van der Waals surface area contributed by atoms with Gasteiger partial charge in [-0.15, -0.1) is 45.3 Å². The van der Waals surface area contributed by atoms with Crippen molar-refractivity contribution in [1.29, 1.82) is 0 Å². The summed E-state index contributed by atoms with van der Waals surface area (Å²) in [6, 6.07) is 18.0. The second-order valence-corrected chi connectivity index (χ2v) is 14.2. The van der Waals surface area contributed by atoms with Gasteiger partial charge in [0.25, 0.3) is 0 Å². The van der Waals surface area contributed by atoms with Crippen LogP contribution < -0.4 is 0 Å². The molecule has 0 spiro atoms. The predicted molar refractivity (Wildman–Crippen MR) is 161 cm³/mol. The Morgan fingerprint density at radius 1 is 0.417 bits per heavy atom. The summed E-state index contributed by atoms with van der Waals surface area (Å²) < 4.78 is 0. The van der Waals surface area contributed by atoms with Crippen LogP contribution in [0.1, 0.15) is 74.0 Å². The second kappa shape index (κ2) is 11.5. The van der Waals surface area contributed by atoms with Crippen molar-refractivity contribution < 1.29 is 0 Å². The normalized spacial score (nSPS) is 16.8. The van der Waals surface area contributed by atoms with Crippen LogP contribution in [0.4, 0.5) is 0 Å². The SMILES string of the molecule is C(#CC1CCCCC1)c1ccc(-c2ccc(-c3ccc(-c4ccc(C#CC5CCCCC5)s4)s3)s2)s1. The van der Waals surface area contributed by atoms with E-state index in [-0.39, 0.29) is 0 Å². The third kappa shape index (κ3) is 5.90. The summed E-state index contributed by atoms with van der Waals surface area (Å²) in [4.78, 5) is 10.4. The largest absolute Gasteiger partial charge is 0.134 e. The quantitative estimate of drug-likeness (QED) is 0.226. The molecule has 0 radical (unpaired) electrons. The molecule has 2 saturated carbocycles. The van der Waals surface area contributed by atoms with Crippen LogP contribution in [-0.2, 0) is 0 Å². The third-order valence-electron chi connectivity index (χ3n) is 7.16. The van der Waals surface area contributed by atoms with Crippen LogP contribution in [0.25, 0.3) is 29.3 Å². The molecule has 36 heavy (non-hydrogen) atoms. The minimum absolute atomic E-state index is 0.606. The van der Waals surface area contributed by atoms with Crippen LogP contribution in [0, 0.1) is 35.5 Å². The van der Waals surface area contributed by atoms with Crippen molar-refractivity contribution in [3.63, 3.8) is 0 Å². The molecule has 4 heteroatoms. The van der Waals surface area contributed by atoms with Crippen LogP contribution in [0.2, 0.25) is 0 Å². The minimum Gasteiger partial charge on any atom is -0.134 e. The Morgan fingerprint density at radius 2 is 0.750 bits per heavy atom. The van der Waals surface area contributed by atoms with Gasteiger partial charge in [-0.25, -0.2) is 0 Å². The Kier molecular flexibility index (Phi) is 7.78. The molecule has 2 aliphatic carbocycles. The van der Waals surface area contributed by atoms with E-state index in [1.807, 2.05) is 45.3 Å². The first-order chi connectivity index (χ1) is 17.8. The van der Waals surface area contributed by atoms with E-state index in [1.54, 1.807) is 0 Å². The average molecular weight is 543 g/mol. The summed E-state index contributed by atoms with van der Waals surface area (Å²) in [5.41, 5.74) is 0. The summed E-state index contributed by atoms with van der Waals surface area (Å²) in [5, 5.41) is 0. The van der Waals surface area contributed by atoms with Crippen LogP contribution >= 0.6 is 45.3 Å². The zero-order valence-electron chi connectivity index (χ0n) is 20.5. The van der Waals surface area contributed by atoms with E-state index in [4.69, 9.17) is 0 Å². The van der Waals surface area contributed by atoms with Gasteiger partial charge < -0.3 is 0 Å². The predicted octanol–water partition coefficient (Wildman–Crippen LogP) is 10.8. The fourth-order valence-corrected chi connectivity index (χ4v) is 9.14. The van der Waals surface area contributed by atoms with Crippen molar-refractivity contribution in [3.8, 4) is 52.9 Å². The average Bonchev–Trinajstić information content (AvgIpc) is 3.73. The first-order valence-corrected chi connectivity index (χ1v) is 16.5. The molecular formula is C32H30S4. The minimum atomic E-state index is 0.606. The fourth-order valence-electron chi connectivity index (χ4n) is 5.12. The molecule has 4 heterocycles. The third-order valence-corrected chi connectivity index (χ3v) is 11.9. The molecule has 182 valence electrons. The maximum absolute atomic E-state index is 3.54. The molecule has 0 N–H and O–H groups in total. The van der Waals surface area contributed by atoms with Gasteiger partial charge in [0, 0.05) is 41.1 Å². The highest BCUT2D eigenvalue weighted by molar-refractivity contribution is 7.28. The molecular weight excluding hydrogens is 513 g/mol. The van der Waals surface area contributed by atoms with Gasteiger partial charge in [-0.2, -0.15) is 0 Å². The van der Waals surface area contributed by atoms with E-state index in [9.17, 15) is 0 Å². The summed E-state index contributed by atoms with van der Waals surface area (Å²) in [7, 11) is 0. The molecule has 0 aliphatic heterocycles. The molecule has 6 rings (SSSR count). The summed E-state index contributed by atoms with van der Waals surface area (Å²) in [6.45, 7) is 0. The van der Waals surface area contributed by atoms with E-state index in [2.05, 4.69) is 72.2 Å². The van der Waals surface area contributed by atoms with Gasteiger partial charge in [-0.05, 0) is 74.2 Å². The number of hydrogen-bond acceptors (Lipinski definition) is 4. The molecule has 0 atom stereocenters. The van der Waals surface area contributed by atoms with Crippen molar-refractivity contribution in [2.45, 2.75) is 64.2 Å². The highest BCUT2D eigenvalue weighted by Crippen LogP contribution is 2.43. The Balaban J connectivity index is 1.13. The van der Waals surface area contributed by atoms with Crippen molar-refractivity contribution in [2.24, 2.45) is 11.8 Å². The van der Waals surface area contributed by atoms with Crippen LogP contribution in [0.3, 0.4) is 0 Å². The standard InChI is InChI=1S/C32H30S4/c1-3-7-23(8-4-1)11-13-25-15-17-27(33-25)29-19-21-31(35-29)32-22-20-30(36-32)28-18-16-26(34-28)14-12-24-9-5-2-6-10-24/h15-24H,1-10H2.